The smallest absolute Gasteiger partial charge is 0.132 e. The molecule has 78 valence electrons. The van der Waals surface area contributed by atoms with E-state index >= 15 is 0 Å². The van der Waals surface area contributed by atoms with Gasteiger partial charge in [0.25, 0.3) is 0 Å². The SMILES string of the molecule is Nc1[nH]ncc1SCc1ccc(Cl)cc1. The predicted octanol–water partition coefficient (Wildman–Crippen LogP) is 2.94. The van der Waals surface area contributed by atoms with E-state index in [1.807, 2.05) is 24.3 Å². The van der Waals surface area contributed by atoms with Gasteiger partial charge in [-0.2, -0.15) is 5.10 Å². The van der Waals surface area contributed by atoms with Crippen LogP contribution < -0.4 is 5.73 Å². The number of anilines is 1. The summed E-state index contributed by atoms with van der Waals surface area (Å²) >= 11 is 7.45. The standard InChI is InChI=1S/C10H10ClN3S/c11-8-3-1-7(2-4-8)6-15-9-5-13-14-10(9)12/h1-5H,6H2,(H3,12,13,14). The summed E-state index contributed by atoms with van der Waals surface area (Å²) < 4.78 is 0. The summed E-state index contributed by atoms with van der Waals surface area (Å²) in [6, 6.07) is 7.78. The maximum absolute atomic E-state index is 5.79. The Morgan fingerprint density at radius 1 is 1.33 bits per heavy atom. The van der Waals surface area contributed by atoms with Crippen LogP contribution in [0.15, 0.2) is 35.4 Å². The molecule has 0 aliphatic heterocycles. The van der Waals surface area contributed by atoms with Gasteiger partial charge in [0.2, 0.25) is 0 Å². The Morgan fingerprint density at radius 3 is 2.67 bits per heavy atom. The Balaban J connectivity index is 1.99. The van der Waals surface area contributed by atoms with Crippen LogP contribution in [-0.4, -0.2) is 10.2 Å². The zero-order chi connectivity index (χ0) is 10.7. The lowest BCUT2D eigenvalue weighted by Crippen LogP contribution is -1.86. The lowest BCUT2D eigenvalue weighted by atomic mass is 10.2. The van der Waals surface area contributed by atoms with Crippen molar-refractivity contribution in [2.24, 2.45) is 0 Å². The van der Waals surface area contributed by atoms with Crippen molar-refractivity contribution in [1.29, 1.82) is 0 Å². The van der Waals surface area contributed by atoms with Crippen molar-refractivity contribution in [3.8, 4) is 0 Å². The third kappa shape index (κ3) is 2.67. The molecule has 5 heteroatoms. The number of nitrogens with one attached hydrogen (secondary N) is 1. The molecule has 1 heterocycles. The van der Waals surface area contributed by atoms with Crippen LogP contribution in [-0.2, 0) is 5.75 Å². The minimum atomic E-state index is 0.619. The summed E-state index contributed by atoms with van der Waals surface area (Å²) in [7, 11) is 0. The van der Waals surface area contributed by atoms with E-state index in [0.717, 1.165) is 15.7 Å². The number of hydrogen-bond donors (Lipinski definition) is 2. The van der Waals surface area contributed by atoms with E-state index in [-0.39, 0.29) is 0 Å². The molecule has 0 radical (unpaired) electrons. The molecule has 0 unspecified atom stereocenters. The van der Waals surface area contributed by atoms with E-state index in [2.05, 4.69) is 10.2 Å². The number of benzene rings is 1. The Bertz CT molecular complexity index is 438. The summed E-state index contributed by atoms with van der Waals surface area (Å²) in [5.74, 6) is 1.48. The van der Waals surface area contributed by atoms with Gasteiger partial charge in [-0.25, -0.2) is 0 Å². The first kappa shape index (κ1) is 10.4. The molecule has 0 amide bonds. The first-order valence-corrected chi connectivity index (χ1v) is 5.78. The molecule has 0 atom stereocenters. The Hall–Kier alpha value is -1.13. The van der Waals surface area contributed by atoms with Gasteiger partial charge in [-0.15, -0.1) is 11.8 Å². The van der Waals surface area contributed by atoms with Crippen LogP contribution in [0.5, 0.6) is 0 Å². The molecule has 1 aromatic carbocycles. The first-order valence-electron chi connectivity index (χ1n) is 4.42. The maximum Gasteiger partial charge on any atom is 0.132 e. The molecular formula is C10H10ClN3S. The number of nitrogens with two attached hydrogens (primary N) is 1. The highest BCUT2D eigenvalue weighted by Gasteiger charge is 2.02. The van der Waals surface area contributed by atoms with Crippen LogP contribution in [0.2, 0.25) is 5.02 Å². The zero-order valence-corrected chi connectivity index (χ0v) is 9.48. The molecule has 2 rings (SSSR count). The van der Waals surface area contributed by atoms with Crippen LogP contribution in [0.25, 0.3) is 0 Å². The number of aromatic amines is 1. The maximum atomic E-state index is 5.79. The average molecular weight is 240 g/mol. The minimum absolute atomic E-state index is 0.619. The third-order valence-corrected chi connectivity index (χ3v) is 3.31. The van der Waals surface area contributed by atoms with Crippen molar-refractivity contribution in [3.05, 3.63) is 41.0 Å². The number of halogens is 1. The lowest BCUT2D eigenvalue weighted by Gasteiger charge is -2.00. The molecule has 0 bridgehead atoms. The van der Waals surface area contributed by atoms with Gasteiger partial charge in [0.1, 0.15) is 5.82 Å². The second-order valence-corrected chi connectivity index (χ2v) is 4.52. The number of thioether (sulfide) groups is 1. The highest BCUT2D eigenvalue weighted by Crippen LogP contribution is 2.26. The normalized spacial score (nSPS) is 10.5. The summed E-state index contributed by atoms with van der Waals surface area (Å²) in [6.45, 7) is 0. The molecule has 0 aliphatic carbocycles. The van der Waals surface area contributed by atoms with Crippen molar-refractivity contribution >= 4 is 29.2 Å². The van der Waals surface area contributed by atoms with E-state index in [0.29, 0.717) is 5.82 Å². The molecule has 0 fully saturated rings. The predicted molar refractivity (Wildman–Crippen MR) is 64.0 cm³/mol. The highest BCUT2D eigenvalue weighted by atomic mass is 35.5. The summed E-state index contributed by atoms with van der Waals surface area (Å²) in [5, 5.41) is 7.31. The van der Waals surface area contributed by atoms with Gasteiger partial charge in [-0.1, -0.05) is 23.7 Å². The van der Waals surface area contributed by atoms with Crippen LogP contribution >= 0.6 is 23.4 Å². The summed E-state index contributed by atoms with van der Waals surface area (Å²) in [5.41, 5.74) is 6.88. The fraction of sp³-hybridized carbons (Fsp3) is 0.100. The second-order valence-electron chi connectivity index (χ2n) is 3.06. The van der Waals surface area contributed by atoms with Crippen molar-refractivity contribution in [2.75, 3.05) is 5.73 Å². The number of H-pyrrole nitrogens is 1. The Labute approximate surface area is 97.0 Å². The summed E-state index contributed by atoms with van der Waals surface area (Å²) in [6.07, 6.45) is 1.73. The van der Waals surface area contributed by atoms with E-state index < -0.39 is 0 Å². The topological polar surface area (TPSA) is 54.7 Å². The molecule has 0 aliphatic rings. The zero-order valence-electron chi connectivity index (χ0n) is 7.90. The van der Waals surface area contributed by atoms with E-state index in [1.54, 1.807) is 18.0 Å². The van der Waals surface area contributed by atoms with Crippen LogP contribution in [0.3, 0.4) is 0 Å². The van der Waals surface area contributed by atoms with Gasteiger partial charge in [0.15, 0.2) is 0 Å². The highest BCUT2D eigenvalue weighted by molar-refractivity contribution is 7.98. The fourth-order valence-electron chi connectivity index (χ4n) is 1.14. The average Bonchev–Trinajstić information content (AvgIpc) is 2.63. The number of nitrogen functional groups attached to an aromatic ring is 1. The second kappa shape index (κ2) is 4.59. The molecule has 0 spiro atoms. The van der Waals surface area contributed by atoms with Crippen LogP contribution in [0, 0.1) is 0 Å². The van der Waals surface area contributed by atoms with Gasteiger partial charge in [-0.05, 0) is 17.7 Å². The Kier molecular flexibility index (Phi) is 3.18. The van der Waals surface area contributed by atoms with Crippen molar-refractivity contribution < 1.29 is 0 Å². The Morgan fingerprint density at radius 2 is 2.07 bits per heavy atom. The molecule has 15 heavy (non-hydrogen) atoms. The molecular weight excluding hydrogens is 230 g/mol. The van der Waals surface area contributed by atoms with Gasteiger partial charge in [-0.3, -0.25) is 5.10 Å². The number of rotatable bonds is 3. The van der Waals surface area contributed by atoms with E-state index in [1.165, 1.54) is 5.56 Å². The van der Waals surface area contributed by atoms with Crippen LogP contribution in [0.1, 0.15) is 5.56 Å². The van der Waals surface area contributed by atoms with Crippen molar-refractivity contribution in [2.45, 2.75) is 10.6 Å². The molecule has 3 N–H and O–H groups in total. The monoisotopic (exact) mass is 239 g/mol. The number of hydrogen-bond acceptors (Lipinski definition) is 3. The number of aromatic nitrogens is 2. The number of nitrogens with zero attached hydrogens (tertiary/aromatic N) is 1. The molecule has 2 aromatic rings. The van der Waals surface area contributed by atoms with E-state index in [9.17, 15) is 0 Å². The third-order valence-electron chi connectivity index (χ3n) is 1.94. The van der Waals surface area contributed by atoms with Gasteiger partial charge in [0.05, 0.1) is 11.1 Å². The fourth-order valence-corrected chi connectivity index (χ4v) is 2.11. The van der Waals surface area contributed by atoms with Gasteiger partial charge >= 0.3 is 0 Å². The quantitative estimate of drug-likeness (QED) is 0.810. The van der Waals surface area contributed by atoms with E-state index in [4.69, 9.17) is 17.3 Å². The van der Waals surface area contributed by atoms with Crippen LogP contribution in [0.4, 0.5) is 5.82 Å². The minimum Gasteiger partial charge on any atom is -0.383 e. The first-order chi connectivity index (χ1) is 7.25. The molecule has 0 saturated heterocycles. The van der Waals surface area contributed by atoms with Crippen molar-refractivity contribution in [3.63, 3.8) is 0 Å². The molecule has 0 saturated carbocycles. The van der Waals surface area contributed by atoms with Crippen molar-refractivity contribution in [1.82, 2.24) is 10.2 Å². The summed E-state index contributed by atoms with van der Waals surface area (Å²) in [4.78, 5) is 0.977. The van der Waals surface area contributed by atoms with Gasteiger partial charge < -0.3 is 5.73 Å². The van der Waals surface area contributed by atoms with Gasteiger partial charge in [0, 0.05) is 10.8 Å². The molecule has 3 nitrogen and oxygen atoms in total. The molecule has 1 aromatic heterocycles. The lowest BCUT2D eigenvalue weighted by molar-refractivity contribution is 1.10. The largest absolute Gasteiger partial charge is 0.383 e.